The lowest BCUT2D eigenvalue weighted by Gasteiger charge is -2.11. The number of aromatic carboxylic acids is 1. The van der Waals surface area contributed by atoms with Crippen LogP contribution in [-0.2, 0) is 0 Å². The number of benzene rings is 1. The van der Waals surface area contributed by atoms with Crippen molar-refractivity contribution in [2.24, 2.45) is 0 Å². The number of nitrogens with one attached hydrogen (secondary N) is 1. The molecular weight excluding hydrogens is 316 g/mol. The second-order valence-corrected chi connectivity index (χ2v) is 4.98. The lowest BCUT2D eigenvalue weighted by atomic mass is 10.2. The van der Waals surface area contributed by atoms with Gasteiger partial charge in [0.15, 0.2) is 0 Å². The first-order valence-electron chi connectivity index (χ1n) is 3.94. The number of halogens is 2. The van der Waals surface area contributed by atoms with Gasteiger partial charge in [-0.25, -0.2) is 4.79 Å². The largest absolute Gasteiger partial charge is 0.478 e. The molecule has 0 aromatic heterocycles. The number of carboxylic acids is 1. The Bertz CT molecular complexity index is 355. The predicted octanol–water partition coefficient (Wildman–Crippen LogP) is 3.23. The van der Waals surface area contributed by atoms with Crippen molar-refractivity contribution in [3.8, 4) is 0 Å². The van der Waals surface area contributed by atoms with Gasteiger partial charge in [-0.15, -0.1) is 0 Å². The van der Waals surface area contributed by atoms with Crippen LogP contribution < -0.4 is 5.32 Å². The molecule has 0 heterocycles. The Morgan fingerprint density at radius 2 is 2.29 bits per heavy atom. The fraction of sp³-hybridized carbons (Fsp3) is 0.222. The third kappa shape index (κ3) is 2.75. The van der Waals surface area contributed by atoms with E-state index in [1.54, 1.807) is 12.1 Å². The van der Waals surface area contributed by atoms with Gasteiger partial charge in [0, 0.05) is 0 Å². The molecule has 1 aromatic carbocycles. The first kappa shape index (κ1) is 11.6. The number of carboxylic acid groups (broad SMARTS) is 1. The summed E-state index contributed by atoms with van der Waals surface area (Å²) in [5.41, 5.74) is 0.766. The summed E-state index contributed by atoms with van der Waals surface area (Å²) in [4.78, 5) is 10.7. The normalized spacial score (nSPS) is 12.2. The zero-order valence-corrected chi connectivity index (χ0v) is 10.3. The average molecular weight is 326 g/mol. The molecule has 1 atom stereocenters. The lowest BCUT2D eigenvalue weighted by Crippen LogP contribution is -2.08. The summed E-state index contributed by atoms with van der Waals surface area (Å²) in [6, 6.07) is 4.90. The van der Waals surface area contributed by atoms with E-state index in [2.05, 4.69) is 27.9 Å². The summed E-state index contributed by atoms with van der Waals surface area (Å²) >= 11 is 8.08. The van der Waals surface area contributed by atoms with Crippen LogP contribution in [0.2, 0.25) is 5.02 Å². The van der Waals surface area contributed by atoms with Gasteiger partial charge in [0.1, 0.15) is 0 Å². The van der Waals surface area contributed by atoms with Gasteiger partial charge in [-0.1, -0.05) is 40.3 Å². The Balaban J connectivity index is 3.07. The van der Waals surface area contributed by atoms with Crippen molar-refractivity contribution in [3.63, 3.8) is 0 Å². The van der Waals surface area contributed by atoms with Crippen LogP contribution in [0.15, 0.2) is 18.2 Å². The zero-order valence-electron chi connectivity index (χ0n) is 7.42. The van der Waals surface area contributed by atoms with Gasteiger partial charge in [0.05, 0.1) is 20.3 Å². The van der Waals surface area contributed by atoms with Gasteiger partial charge in [-0.05, 0) is 19.1 Å². The molecule has 0 unspecified atom stereocenters. The van der Waals surface area contributed by atoms with Crippen LogP contribution in [0, 0.1) is 0 Å². The number of hydrogen-bond donors (Lipinski definition) is 2. The molecule has 0 fully saturated rings. The van der Waals surface area contributed by atoms with E-state index in [0.29, 0.717) is 5.69 Å². The van der Waals surface area contributed by atoms with Gasteiger partial charge >= 0.3 is 5.97 Å². The number of rotatable bonds is 3. The van der Waals surface area contributed by atoms with Crippen molar-refractivity contribution in [3.05, 3.63) is 28.8 Å². The van der Waals surface area contributed by atoms with Crippen LogP contribution in [0.3, 0.4) is 0 Å². The highest BCUT2D eigenvalue weighted by Gasteiger charge is 2.12. The second-order valence-electron chi connectivity index (χ2n) is 2.73. The van der Waals surface area contributed by atoms with Crippen molar-refractivity contribution < 1.29 is 9.90 Å². The molecule has 3 nitrogen and oxygen atoms in total. The van der Waals surface area contributed by atoms with Gasteiger partial charge in [-0.2, -0.15) is 0 Å². The molecule has 0 radical (unpaired) electrons. The summed E-state index contributed by atoms with van der Waals surface area (Å²) in [6.45, 7) is 1.95. The Hall–Kier alpha value is -0.490. The molecular formula is C9H9ClINO2. The van der Waals surface area contributed by atoms with E-state index >= 15 is 0 Å². The van der Waals surface area contributed by atoms with Gasteiger partial charge < -0.3 is 10.4 Å². The Morgan fingerprint density at radius 1 is 1.64 bits per heavy atom. The van der Waals surface area contributed by atoms with Gasteiger partial charge in [-0.3, -0.25) is 0 Å². The molecule has 0 saturated carbocycles. The highest BCUT2D eigenvalue weighted by Crippen LogP contribution is 2.27. The van der Waals surface area contributed by atoms with Crippen LogP contribution in [0.5, 0.6) is 0 Å². The number of anilines is 1. The van der Waals surface area contributed by atoms with Crippen LogP contribution in [-0.4, -0.2) is 15.1 Å². The minimum Gasteiger partial charge on any atom is -0.478 e. The van der Waals surface area contributed by atoms with Crippen molar-refractivity contribution in [2.45, 2.75) is 11.0 Å². The zero-order chi connectivity index (χ0) is 10.7. The van der Waals surface area contributed by atoms with E-state index in [4.69, 9.17) is 16.7 Å². The first-order valence-corrected chi connectivity index (χ1v) is 5.57. The van der Waals surface area contributed by atoms with E-state index in [0.717, 1.165) is 0 Å². The minimum absolute atomic E-state index is 0.119. The molecule has 0 spiro atoms. The fourth-order valence-corrected chi connectivity index (χ4v) is 1.62. The molecule has 0 aliphatic carbocycles. The Morgan fingerprint density at radius 3 is 2.79 bits per heavy atom. The number of alkyl halides is 1. The Labute approximate surface area is 101 Å². The minimum atomic E-state index is -1.01. The molecule has 0 amide bonds. The average Bonchev–Trinajstić information content (AvgIpc) is 2.07. The molecule has 14 heavy (non-hydrogen) atoms. The van der Waals surface area contributed by atoms with Gasteiger partial charge in [0.25, 0.3) is 0 Å². The maximum atomic E-state index is 10.7. The molecule has 76 valence electrons. The lowest BCUT2D eigenvalue weighted by molar-refractivity contribution is 0.0697. The number of carbonyl (C=O) groups is 1. The first-order chi connectivity index (χ1) is 6.52. The molecule has 2 N–H and O–H groups in total. The monoisotopic (exact) mass is 325 g/mol. The quantitative estimate of drug-likeness (QED) is 0.509. The smallest absolute Gasteiger partial charge is 0.337 e. The van der Waals surface area contributed by atoms with Crippen molar-refractivity contribution in [2.75, 3.05) is 5.32 Å². The van der Waals surface area contributed by atoms with E-state index in [9.17, 15) is 4.79 Å². The van der Waals surface area contributed by atoms with E-state index in [1.807, 2.05) is 6.92 Å². The topological polar surface area (TPSA) is 49.3 Å². The summed E-state index contributed by atoms with van der Waals surface area (Å²) in [5, 5.41) is 12.1. The molecule has 0 bridgehead atoms. The SMILES string of the molecule is C[C@@H](I)Nc1cccc(C(=O)O)c1Cl. The van der Waals surface area contributed by atoms with Crippen molar-refractivity contribution in [1.29, 1.82) is 0 Å². The molecule has 1 aromatic rings. The maximum absolute atomic E-state index is 10.7. The summed E-state index contributed by atoms with van der Waals surface area (Å²) < 4.78 is 0.189. The van der Waals surface area contributed by atoms with Crippen molar-refractivity contribution in [1.82, 2.24) is 0 Å². The standard InChI is InChI=1S/C9H9ClINO2/c1-5(11)12-7-4-2-3-6(8(7)10)9(13)14/h2-5,12H,1H3,(H,13,14)/t5-/m0/s1. The fourth-order valence-electron chi connectivity index (χ4n) is 1.02. The van der Waals surface area contributed by atoms with Crippen LogP contribution in [0.4, 0.5) is 5.69 Å². The molecule has 0 aliphatic rings. The Kier molecular flexibility index (Phi) is 4.00. The third-order valence-electron chi connectivity index (χ3n) is 1.58. The second kappa shape index (κ2) is 4.84. The molecule has 1 rings (SSSR count). The predicted molar refractivity (Wildman–Crippen MR) is 65.5 cm³/mol. The number of hydrogen-bond acceptors (Lipinski definition) is 2. The summed E-state index contributed by atoms with van der Waals surface area (Å²) in [5.74, 6) is -1.01. The highest BCUT2D eigenvalue weighted by molar-refractivity contribution is 14.1. The summed E-state index contributed by atoms with van der Waals surface area (Å²) in [7, 11) is 0. The van der Waals surface area contributed by atoms with Crippen LogP contribution in [0.1, 0.15) is 17.3 Å². The summed E-state index contributed by atoms with van der Waals surface area (Å²) in [6.07, 6.45) is 0. The van der Waals surface area contributed by atoms with E-state index in [1.165, 1.54) is 6.07 Å². The maximum Gasteiger partial charge on any atom is 0.337 e. The van der Waals surface area contributed by atoms with Crippen LogP contribution in [0.25, 0.3) is 0 Å². The molecule has 5 heteroatoms. The molecule has 0 aliphatic heterocycles. The molecule has 0 saturated heterocycles. The van der Waals surface area contributed by atoms with Gasteiger partial charge in [0.2, 0.25) is 0 Å². The van der Waals surface area contributed by atoms with E-state index < -0.39 is 5.97 Å². The van der Waals surface area contributed by atoms with Crippen LogP contribution >= 0.6 is 34.2 Å². The van der Waals surface area contributed by atoms with E-state index in [-0.39, 0.29) is 14.6 Å². The third-order valence-corrected chi connectivity index (χ3v) is 2.30. The highest BCUT2D eigenvalue weighted by atomic mass is 127. The van der Waals surface area contributed by atoms with Crippen molar-refractivity contribution >= 4 is 45.8 Å².